The van der Waals surface area contributed by atoms with Gasteiger partial charge in [-0.25, -0.2) is 9.37 Å². The van der Waals surface area contributed by atoms with Gasteiger partial charge < -0.3 is 38.4 Å². The van der Waals surface area contributed by atoms with E-state index in [1.54, 1.807) is 12.1 Å². The first-order valence-corrected chi connectivity index (χ1v) is 14.0. The highest BCUT2D eigenvalue weighted by molar-refractivity contribution is 6.06. The number of carbonyl (C=O) groups excluding carboxylic acids is 1. The van der Waals surface area contributed by atoms with E-state index < -0.39 is 12.3 Å². The Morgan fingerprint density at radius 1 is 0.974 bits per heavy atom. The van der Waals surface area contributed by atoms with E-state index in [-0.39, 0.29) is 29.4 Å². The summed E-state index contributed by atoms with van der Waals surface area (Å²) in [5.74, 6) is 0.478. The molecule has 0 spiro atoms. The molecule has 2 saturated heterocycles. The molecule has 0 saturated carbocycles. The van der Waals surface area contributed by atoms with Crippen LogP contribution in [0.15, 0.2) is 77.9 Å². The number of benzene rings is 2. The Morgan fingerprint density at radius 3 is 2.41 bits per heavy atom. The highest BCUT2D eigenvalue weighted by atomic mass is 127. The number of nitrogens with zero attached hydrogens (tertiary/aromatic N) is 2. The monoisotopic (exact) mass is 636 g/mol. The maximum atomic E-state index is 12.8. The average Bonchev–Trinajstić information content (AvgIpc) is 3.64. The van der Waals surface area contributed by atoms with Crippen LogP contribution in [0, 0.1) is 0 Å². The molecule has 2 heterocycles. The van der Waals surface area contributed by atoms with E-state index in [2.05, 4.69) is 59.8 Å². The number of rotatable bonds is 4. The summed E-state index contributed by atoms with van der Waals surface area (Å²) in [6.45, 7) is 11.0. The first kappa shape index (κ1) is 27.7. The van der Waals surface area contributed by atoms with Crippen molar-refractivity contribution < 1.29 is 42.8 Å². The number of hydrogen-bond donors (Lipinski definition) is 0. The number of hydrogen-bond acceptors (Lipinski definition) is 4. The number of allylic oxidation sites excluding steroid dienone is 5. The smallest absolute Gasteiger partial charge is 0.514 e. The van der Waals surface area contributed by atoms with E-state index in [9.17, 15) is 4.79 Å². The highest BCUT2D eigenvalue weighted by Gasteiger charge is 2.41. The summed E-state index contributed by atoms with van der Waals surface area (Å²) in [5, 5.41) is 0. The molecule has 6 rings (SSSR count). The van der Waals surface area contributed by atoms with Crippen molar-refractivity contribution in [3.05, 3.63) is 89.0 Å². The molecule has 0 N–H and O–H groups in total. The number of anilines is 1. The van der Waals surface area contributed by atoms with Gasteiger partial charge in [-0.15, -0.1) is 0 Å². The van der Waals surface area contributed by atoms with E-state index in [0.717, 1.165) is 42.9 Å². The lowest BCUT2D eigenvalue weighted by Crippen LogP contribution is -3.00. The summed E-state index contributed by atoms with van der Waals surface area (Å²) in [5.41, 5.74) is 8.29. The molecule has 6 heteroatoms. The fourth-order valence-electron chi connectivity index (χ4n) is 6.45. The Morgan fingerprint density at radius 2 is 1.69 bits per heavy atom. The van der Waals surface area contributed by atoms with Gasteiger partial charge in [0.05, 0.1) is 0 Å². The highest BCUT2D eigenvalue weighted by Crippen LogP contribution is 2.50. The van der Waals surface area contributed by atoms with Gasteiger partial charge in [-0.3, -0.25) is 0 Å². The minimum atomic E-state index is -0.688. The summed E-state index contributed by atoms with van der Waals surface area (Å²) >= 11 is 0. The second-order valence-electron chi connectivity index (χ2n) is 11.3. The van der Waals surface area contributed by atoms with E-state index in [1.807, 2.05) is 25.1 Å². The number of fused-ring (bicyclic) bond motifs is 2. The fourth-order valence-corrected chi connectivity index (χ4v) is 6.45. The van der Waals surface area contributed by atoms with E-state index in [4.69, 9.17) is 9.47 Å². The summed E-state index contributed by atoms with van der Waals surface area (Å²) in [6, 6.07) is 15.9. The molecule has 2 aliphatic carbocycles. The summed E-state index contributed by atoms with van der Waals surface area (Å²) < 4.78 is 13.9. The van der Waals surface area contributed by atoms with Gasteiger partial charge in [0, 0.05) is 54.8 Å². The molecule has 0 bridgehead atoms. The van der Waals surface area contributed by atoms with Crippen LogP contribution in [0.2, 0.25) is 0 Å². The van der Waals surface area contributed by atoms with Crippen LogP contribution in [0.3, 0.4) is 0 Å². The lowest BCUT2D eigenvalue weighted by atomic mass is 9.64. The predicted molar refractivity (Wildman–Crippen MR) is 152 cm³/mol. The molecule has 4 aliphatic rings. The Kier molecular flexibility index (Phi) is 8.04. The third kappa shape index (κ3) is 5.32. The van der Waals surface area contributed by atoms with Crippen molar-refractivity contribution >= 4 is 23.1 Å². The molecule has 0 aromatic heterocycles. The Labute approximate surface area is 248 Å². The van der Waals surface area contributed by atoms with Crippen LogP contribution in [-0.2, 0) is 10.2 Å². The fraction of sp³-hybridized carbons (Fsp3) is 0.394. The van der Waals surface area contributed by atoms with Crippen LogP contribution in [0.25, 0.3) is 5.57 Å². The minimum absolute atomic E-state index is 0. The van der Waals surface area contributed by atoms with E-state index in [0.29, 0.717) is 5.75 Å². The van der Waals surface area contributed by atoms with E-state index >= 15 is 0 Å². The summed E-state index contributed by atoms with van der Waals surface area (Å²) in [7, 11) is 0. The second kappa shape index (κ2) is 11.3. The summed E-state index contributed by atoms with van der Waals surface area (Å²) in [6.07, 6.45) is 10.7. The lowest BCUT2D eigenvalue weighted by molar-refractivity contribution is -0.504. The zero-order chi connectivity index (χ0) is 26.3. The zero-order valence-corrected chi connectivity index (χ0v) is 25.2. The molecule has 0 radical (unpaired) electrons. The third-order valence-corrected chi connectivity index (χ3v) is 8.50. The van der Waals surface area contributed by atoms with Gasteiger partial charge in [-0.2, -0.15) is 0 Å². The zero-order valence-electron chi connectivity index (χ0n) is 23.1. The van der Waals surface area contributed by atoms with Gasteiger partial charge in [0.1, 0.15) is 24.9 Å². The SMILES string of the molecule is CC(OC(=O)Oc1ccccc1)C1=C2C=CC(=[N+]3CCCC3)C=C2C(C)(C)c2cc(N3CCCC3)ccc21.[I-]. The first-order valence-electron chi connectivity index (χ1n) is 14.0. The normalized spacial score (nSPS) is 20.2. The van der Waals surface area contributed by atoms with Crippen LogP contribution in [0.4, 0.5) is 10.5 Å². The van der Waals surface area contributed by atoms with Crippen molar-refractivity contribution in [3.63, 3.8) is 0 Å². The molecule has 2 aromatic carbocycles. The minimum Gasteiger partial charge on any atom is -1.00 e. The van der Waals surface area contributed by atoms with Crippen LogP contribution in [0.1, 0.15) is 57.6 Å². The third-order valence-electron chi connectivity index (χ3n) is 8.50. The van der Waals surface area contributed by atoms with Crippen LogP contribution >= 0.6 is 0 Å². The molecule has 204 valence electrons. The Balaban J connectivity index is 0.00000308. The second-order valence-corrected chi connectivity index (χ2v) is 11.3. The van der Waals surface area contributed by atoms with Crippen molar-refractivity contribution in [1.29, 1.82) is 0 Å². The Bertz CT molecular complexity index is 1370. The number of ether oxygens (including phenoxy) is 2. The number of carbonyl (C=O) groups is 1. The molecule has 1 atom stereocenters. The van der Waals surface area contributed by atoms with Crippen LogP contribution in [0.5, 0.6) is 5.75 Å². The van der Waals surface area contributed by atoms with Crippen molar-refractivity contribution in [2.45, 2.75) is 58.0 Å². The largest absolute Gasteiger partial charge is 1.00 e. The molecule has 0 amide bonds. The maximum absolute atomic E-state index is 12.8. The molecule has 2 fully saturated rings. The van der Waals surface area contributed by atoms with Gasteiger partial charge in [0.15, 0.2) is 5.71 Å². The van der Waals surface area contributed by atoms with Crippen molar-refractivity contribution in [3.8, 4) is 5.75 Å². The molecule has 39 heavy (non-hydrogen) atoms. The summed E-state index contributed by atoms with van der Waals surface area (Å²) in [4.78, 5) is 15.3. The van der Waals surface area contributed by atoms with Crippen molar-refractivity contribution in [2.75, 3.05) is 31.1 Å². The van der Waals surface area contributed by atoms with Crippen LogP contribution < -0.4 is 33.6 Å². The first-order chi connectivity index (χ1) is 18.4. The van der Waals surface area contributed by atoms with Gasteiger partial charge in [-0.05, 0) is 72.4 Å². The number of halogens is 1. The number of para-hydroxylation sites is 1. The van der Waals surface area contributed by atoms with Gasteiger partial charge >= 0.3 is 6.16 Å². The van der Waals surface area contributed by atoms with Crippen molar-refractivity contribution in [1.82, 2.24) is 0 Å². The standard InChI is InChI=1S/C33H37N2O3.HI/c1-23(37-32(36)38-26-11-5-4-6-12-26)31-27-15-13-24(34-17-7-8-18-34)21-29(27)33(2,3)30-22-25(14-16-28(30)31)35-19-9-10-20-35;/h4-6,11-16,21-23H,7-10,17-20H2,1-3H3;1H/q+1;/p-1. The van der Waals surface area contributed by atoms with Gasteiger partial charge in [0.2, 0.25) is 0 Å². The molecular weight excluding hydrogens is 599 g/mol. The molecule has 2 aliphatic heterocycles. The Hall–Kier alpha value is -2.87. The van der Waals surface area contributed by atoms with Crippen LogP contribution in [-0.4, -0.2) is 48.7 Å². The average molecular weight is 637 g/mol. The predicted octanol–water partition coefficient (Wildman–Crippen LogP) is 3.68. The topological polar surface area (TPSA) is 41.8 Å². The van der Waals surface area contributed by atoms with Crippen molar-refractivity contribution in [2.24, 2.45) is 0 Å². The van der Waals surface area contributed by atoms with E-state index in [1.165, 1.54) is 48.2 Å². The molecule has 5 nitrogen and oxygen atoms in total. The van der Waals surface area contributed by atoms with Gasteiger partial charge in [-0.1, -0.05) is 38.1 Å². The molecule has 2 aromatic rings. The molecule has 1 unspecified atom stereocenters. The quantitative estimate of drug-likeness (QED) is 0.223. The maximum Gasteiger partial charge on any atom is 0.514 e. The lowest BCUT2D eigenvalue weighted by Gasteiger charge is -2.40. The van der Waals surface area contributed by atoms with Gasteiger partial charge in [0.25, 0.3) is 0 Å². The molecular formula is C33H37IN2O3.